The van der Waals surface area contributed by atoms with Gasteiger partial charge in [-0.2, -0.15) is 5.11 Å². The molecule has 0 spiro atoms. The summed E-state index contributed by atoms with van der Waals surface area (Å²) in [6, 6.07) is 8.45. The predicted molar refractivity (Wildman–Crippen MR) is 89.7 cm³/mol. The van der Waals surface area contributed by atoms with Crippen molar-refractivity contribution >= 4 is 11.7 Å². The molecule has 0 saturated heterocycles. The molecule has 6 atom stereocenters. The molecular weight excluding hydrogens is 302 g/mol. The lowest BCUT2D eigenvalue weighted by molar-refractivity contribution is 0.0526. The summed E-state index contributed by atoms with van der Waals surface area (Å²) < 4.78 is 5.06. The Morgan fingerprint density at radius 1 is 1.17 bits per heavy atom. The van der Waals surface area contributed by atoms with Gasteiger partial charge in [-0.1, -0.05) is 11.6 Å². The number of rotatable bonds is 3. The first-order valence-corrected chi connectivity index (χ1v) is 9.25. The average molecular weight is 325 g/mol. The molecule has 1 aliphatic heterocycles. The van der Waals surface area contributed by atoms with E-state index in [-0.39, 0.29) is 5.97 Å². The van der Waals surface area contributed by atoms with Gasteiger partial charge in [0.1, 0.15) is 0 Å². The molecule has 1 aromatic carbocycles. The second kappa shape index (κ2) is 5.30. The Bertz CT molecular complexity index is 686. The summed E-state index contributed by atoms with van der Waals surface area (Å²) >= 11 is 0. The normalized spacial score (nSPS) is 38.5. The number of carbonyl (C=O) groups excluding carboxylic acids is 1. The summed E-state index contributed by atoms with van der Waals surface area (Å²) in [5, 5.41) is 11.3. The number of nitrogens with zero attached hydrogens (tertiary/aromatic N) is 3. The fourth-order valence-electron chi connectivity index (χ4n) is 5.88. The zero-order valence-corrected chi connectivity index (χ0v) is 14.0. The van der Waals surface area contributed by atoms with E-state index in [2.05, 4.69) is 15.3 Å². The zero-order chi connectivity index (χ0) is 16.3. The first-order chi connectivity index (χ1) is 11.8. The van der Waals surface area contributed by atoms with Crippen molar-refractivity contribution in [3.05, 3.63) is 29.8 Å². The van der Waals surface area contributed by atoms with Gasteiger partial charge in [0.05, 0.1) is 29.9 Å². The van der Waals surface area contributed by atoms with E-state index in [1.165, 1.54) is 25.7 Å². The Morgan fingerprint density at radius 2 is 1.92 bits per heavy atom. The molecule has 24 heavy (non-hydrogen) atoms. The molecule has 4 aliphatic rings. The van der Waals surface area contributed by atoms with E-state index in [0.29, 0.717) is 24.3 Å². The van der Waals surface area contributed by atoms with E-state index in [1.807, 2.05) is 31.2 Å². The number of anilines is 1. The maximum absolute atomic E-state index is 11.8. The summed E-state index contributed by atoms with van der Waals surface area (Å²) in [4.78, 5) is 11.8. The van der Waals surface area contributed by atoms with Crippen LogP contribution < -0.4 is 5.01 Å². The Labute approximate surface area is 142 Å². The van der Waals surface area contributed by atoms with Crippen molar-refractivity contribution in [3.63, 3.8) is 0 Å². The Hall–Kier alpha value is -1.91. The van der Waals surface area contributed by atoms with Crippen LogP contribution >= 0.6 is 0 Å². The van der Waals surface area contributed by atoms with Crippen molar-refractivity contribution in [3.8, 4) is 0 Å². The molecule has 0 amide bonds. The van der Waals surface area contributed by atoms with Gasteiger partial charge in [-0.15, -0.1) is 0 Å². The number of esters is 1. The smallest absolute Gasteiger partial charge is 0.338 e. The fourth-order valence-corrected chi connectivity index (χ4v) is 5.88. The van der Waals surface area contributed by atoms with Crippen LogP contribution in [0.1, 0.15) is 43.0 Å². The van der Waals surface area contributed by atoms with Crippen LogP contribution in [-0.2, 0) is 4.74 Å². The quantitative estimate of drug-likeness (QED) is 0.793. The third kappa shape index (κ3) is 1.90. The van der Waals surface area contributed by atoms with Crippen LogP contribution in [0.25, 0.3) is 0 Å². The third-order valence-electron chi connectivity index (χ3n) is 6.70. The molecule has 3 aliphatic carbocycles. The van der Waals surface area contributed by atoms with Crippen molar-refractivity contribution in [2.45, 2.75) is 44.7 Å². The van der Waals surface area contributed by atoms with Crippen LogP contribution in [-0.4, -0.2) is 24.7 Å². The number of benzene rings is 1. The average Bonchev–Trinajstić information content (AvgIpc) is 3.33. The molecular formula is C19H23N3O2. The van der Waals surface area contributed by atoms with Crippen molar-refractivity contribution in [2.24, 2.45) is 34.0 Å². The van der Waals surface area contributed by atoms with Crippen LogP contribution in [0.4, 0.5) is 5.69 Å². The molecule has 126 valence electrons. The van der Waals surface area contributed by atoms with Crippen molar-refractivity contribution in [1.82, 2.24) is 0 Å². The third-order valence-corrected chi connectivity index (χ3v) is 6.70. The zero-order valence-electron chi connectivity index (χ0n) is 14.0. The molecule has 3 saturated carbocycles. The van der Waals surface area contributed by atoms with E-state index in [4.69, 9.17) is 4.74 Å². The van der Waals surface area contributed by atoms with E-state index in [1.54, 1.807) is 0 Å². The van der Waals surface area contributed by atoms with Gasteiger partial charge >= 0.3 is 5.97 Å². The Kier molecular flexibility index (Phi) is 3.19. The minimum absolute atomic E-state index is 0.265. The van der Waals surface area contributed by atoms with E-state index < -0.39 is 0 Å². The molecule has 1 heterocycles. The highest BCUT2D eigenvalue weighted by atomic mass is 16.5. The van der Waals surface area contributed by atoms with Crippen molar-refractivity contribution in [2.75, 3.05) is 11.6 Å². The van der Waals surface area contributed by atoms with Crippen molar-refractivity contribution < 1.29 is 9.53 Å². The molecule has 5 rings (SSSR count). The standard InChI is InChI=1S/C19H23N3O2/c1-2-24-19(23)11-6-8-12(9-7-11)22-18-16-10-15(17(18)20-21-22)13-4-3-5-14(13)16/h6-9,13-18H,2-5,10H2,1H3/t13-,14-,15+,16-,17-,18+/m0/s1. The van der Waals surface area contributed by atoms with E-state index in [9.17, 15) is 4.79 Å². The van der Waals surface area contributed by atoms with Gasteiger partial charge < -0.3 is 4.74 Å². The minimum atomic E-state index is -0.265. The highest BCUT2D eigenvalue weighted by Crippen LogP contribution is 2.62. The highest BCUT2D eigenvalue weighted by molar-refractivity contribution is 5.89. The number of hydrogen-bond acceptors (Lipinski definition) is 5. The molecule has 3 fully saturated rings. The molecule has 2 bridgehead atoms. The second-order valence-corrected chi connectivity index (χ2v) is 7.62. The first-order valence-electron chi connectivity index (χ1n) is 9.25. The molecule has 0 unspecified atom stereocenters. The van der Waals surface area contributed by atoms with Gasteiger partial charge in [0.25, 0.3) is 0 Å². The van der Waals surface area contributed by atoms with Gasteiger partial charge in [-0.25, -0.2) is 9.80 Å². The van der Waals surface area contributed by atoms with Crippen LogP contribution in [0.15, 0.2) is 34.6 Å². The number of fused-ring (bicyclic) bond motifs is 8. The summed E-state index contributed by atoms with van der Waals surface area (Å²) in [5.74, 6) is 3.02. The number of hydrogen-bond donors (Lipinski definition) is 0. The first kappa shape index (κ1) is 14.4. The van der Waals surface area contributed by atoms with E-state index >= 15 is 0 Å². The lowest BCUT2D eigenvalue weighted by atomic mass is 9.76. The largest absolute Gasteiger partial charge is 0.462 e. The summed E-state index contributed by atoms with van der Waals surface area (Å²) in [7, 11) is 0. The van der Waals surface area contributed by atoms with Crippen LogP contribution in [0, 0.1) is 23.7 Å². The van der Waals surface area contributed by atoms with Gasteiger partial charge in [-0.3, -0.25) is 0 Å². The van der Waals surface area contributed by atoms with Crippen LogP contribution in [0.2, 0.25) is 0 Å². The second-order valence-electron chi connectivity index (χ2n) is 7.62. The Balaban J connectivity index is 1.39. The van der Waals surface area contributed by atoms with Gasteiger partial charge in [-0.05, 0) is 74.1 Å². The maximum atomic E-state index is 11.8. The lowest BCUT2D eigenvalue weighted by Crippen LogP contribution is -2.44. The van der Waals surface area contributed by atoms with Gasteiger partial charge in [0.15, 0.2) is 0 Å². The van der Waals surface area contributed by atoms with Crippen molar-refractivity contribution in [1.29, 1.82) is 0 Å². The molecule has 1 aromatic rings. The van der Waals surface area contributed by atoms with Crippen LogP contribution in [0.3, 0.4) is 0 Å². The molecule has 5 heteroatoms. The minimum Gasteiger partial charge on any atom is -0.462 e. The Morgan fingerprint density at radius 3 is 2.67 bits per heavy atom. The maximum Gasteiger partial charge on any atom is 0.338 e. The molecule has 0 aromatic heterocycles. The lowest BCUT2D eigenvalue weighted by Gasteiger charge is -2.35. The topological polar surface area (TPSA) is 54.3 Å². The number of carbonyl (C=O) groups is 1. The molecule has 0 N–H and O–H groups in total. The van der Waals surface area contributed by atoms with Gasteiger partial charge in [0.2, 0.25) is 0 Å². The van der Waals surface area contributed by atoms with E-state index in [0.717, 1.165) is 29.4 Å². The highest BCUT2D eigenvalue weighted by Gasteiger charge is 2.62. The number of ether oxygens (including phenoxy) is 1. The summed E-state index contributed by atoms with van der Waals surface area (Å²) in [6.45, 7) is 2.22. The summed E-state index contributed by atoms with van der Waals surface area (Å²) in [6.07, 6.45) is 5.53. The predicted octanol–water partition coefficient (Wildman–Crippen LogP) is 3.85. The fraction of sp³-hybridized carbons (Fsp3) is 0.632. The SMILES string of the molecule is CCOC(=O)c1ccc(N2N=N[C@H]3[C@@H]4C[C@@H]([C@H]5CCC[C@@H]54)[C@H]32)cc1. The molecule has 5 nitrogen and oxygen atoms in total. The molecule has 0 radical (unpaired) electrons. The van der Waals surface area contributed by atoms with Crippen LogP contribution in [0.5, 0.6) is 0 Å². The van der Waals surface area contributed by atoms with Gasteiger partial charge in [0, 0.05) is 0 Å². The monoisotopic (exact) mass is 325 g/mol. The summed E-state index contributed by atoms with van der Waals surface area (Å²) in [5.41, 5.74) is 1.64.